The molecule has 0 unspecified atom stereocenters. The minimum atomic E-state index is -0.445. The van der Waals surface area contributed by atoms with Crippen LogP contribution in [-0.2, 0) is 10.3 Å². The van der Waals surface area contributed by atoms with Crippen molar-refractivity contribution in [3.8, 4) is 0 Å². The average molecular weight is 384 g/mol. The van der Waals surface area contributed by atoms with Crippen molar-refractivity contribution in [2.45, 2.75) is 31.2 Å². The van der Waals surface area contributed by atoms with Gasteiger partial charge in [0, 0.05) is 13.1 Å². The third-order valence-corrected chi connectivity index (χ3v) is 5.55. The molecule has 1 saturated heterocycles. The first-order chi connectivity index (χ1) is 13.6. The molecule has 1 saturated carbocycles. The Morgan fingerprint density at radius 3 is 2.43 bits per heavy atom. The summed E-state index contributed by atoms with van der Waals surface area (Å²) < 4.78 is 18.7. The van der Waals surface area contributed by atoms with Gasteiger partial charge in [-0.15, -0.1) is 0 Å². The van der Waals surface area contributed by atoms with E-state index in [1.54, 1.807) is 18.3 Å². The minimum Gasteiger partial charge on any atom is -0.378 e. The Hall–Kier alpha value is -2.67. The predicted molar refractivity (Wildman–Crippen MR) is 106 cm³/mol. The molecule has 1 aromatic carbocycles. The zero-order valence-electron chi connectivity index (χ0n) is 15.8. The van der Waals surface area contributed by atoms with Crippen molar-refractivity contribution in [3.63, 3.8) is 0 Å². The van der Waals surface area contributed by atoms with E-state index in [0.717, 1.165) is 50.2 Å². The number of morpholine rings is 1. The summed E-state index contributed by atoms with van der Waals surface area (Å²) in [5.74, 6) is 0.612. The van der Waals surface area contributed by atoms with E-state index < -0.39 is 5.54 Å². The third kappa shape index (κ3) is 4.09. The van der Waals surface area contributed by atoms with Gasteiger partial charge in [0.15, 0.2) is 0 Å². The molecule has 2 amide bonds. The summed E-state index contributed by atoms with van der Waals surface area (Å²) in [4.78, 5) is 19.3. The van der Waals surface area contributed by atoms with E-state index in [1.807, 2.05) is 12.1 Å². The smallest absolute Gasteiger partial charge is 0.319 e. The highest BCUT2D eigenvalue weighted by molar-refractivity contribution is 5.89. The van der Waals surface area contributed by atoms with Crippen molar-refractivity contribution in [1.82, 2.24) is 10.3 Å². The molecular weight excluding hydrogens is 359 g/mol. The Kier molecular flexibility index (Phi) is 5.43. The molecule has 0 spiro atoms. The van der Waals surface area contributed by atoms with Gasteiger partial charge in [-0.05, 0) is 42.7 Å². The molecule has 0 bridgehead atoms. The van der Waals surface area contributed by atoms with Gasteiger partial charge in [-0.2, -0.15) is 0 Å². The lowest BCUT2D eigenvalue weighted by Crippen LogP contribution is -2.45. The van der Waals surface area contributed by atoms with E-state index in [2.05, 4.69) is 20.5 Å². The Labute approximate surface area is 164 Å². The van der Waals surface area contributed by atoms with E-state index in [0.29, 0.717) is 18.9 Å². The van der Waals surface area contributed by atoms with Crippen LogP contribution in [0, 0.1) is 5.82 Å². The van der Waals surface area contributed by atoms with E-state index in [9.17, 15) is 9.18 Å². The van der Waals surface area contributed by atoms with Gasteiger partial charge in [-0.25, -0.2) is 14.2 Å². The number of halogens is 1. The lowest BCUT2D eigenvalue weighted by atomic mass is 9.88. The SMILES string of the molecule is O=C(Nc1ccc(N2CCOCC2)nc1)NC1(c2ccc(F)cc2)CCCC1. The van der Waals surface area contributed by atoms with Crippen LogP contribution in [0.3, 0.4) is 0 Å². The van der Waals surface area contributed by atoms with Crippen molar-refractivity contribution in [2.24, 2.45) is 0 Å². The summed E-state index contributed by atoms with van der Waals surface area (Å²) in [6.45, 7) is 3.05. The van der Waals surface area contributed by atoms with Gasteiger partial charge in [-0.3, -0.25) is 0 Å². The summed E-state index contributed by atoms with van der Waals surface area (Å²) in [6.07, 6.45) is 5.44. The van der Waals surface area contributed by atoms with Gasteiger partial charge < -0.3 is 20.3 Å². The number of hydrogen-bond acceptors (Lipinski definition) is 4. The Bertz CT molecular complexity index is 798. The highest BCUT2D eigenvalue weighted by atomic mass is 19.1. The first kappa shape index (κ1) is 18.7. The standard InChI is InChI=1S/C21H25FN4O2/c22-17-5-3-16(4-6-17)21(9-1-2-10-21)25-20(27)24-18-7-8-19(23-15-18)26-11-13-28-14-12-26/h3-8,15H,1-2,9-14H2,(H2,24,25,27). The number of nitrogens with zero attached hydrogens (tertiary/aromatic N) is 2. The lowest BCUT2D eigenvalue weighted by molar-refractivity contribution is 0.122. The number of amides is 2. The number of urea groups is 1. The fraction of sp³-hybridized carbons (Fsp3) is 0.429. The van der Waals surface area contributed by atoms with E-state index in [1.165, 1.54) is 12.1 Å². The van der Waals surface area contributed by atoms with E-state index >= 15 is 0 Å². The van der Waals surface area contributed by atoms with Crippen molar-refractivity contribution < 1.29 is 13.9 Å². The second kappa shape index (κ2) is 8.14. The first-order valence-corrected chi connectivity index (χ1v) is 9.79. The average Bonchev–Trinajstić information content (AvgIpc) is 3.19. The molecule has 4 rings (SSSR count). The fourth-order valence-corrected chi connectivity index (χ4v) is 4.05. The lowest BCUT2D eigenvalue weighted by Gasteiger charge is -2.31. The maximum atomic E-state index is 13.3. The molecule has 1 aromatic heterocycles. The molecular formula is C21H25FN4O2. The van der Waals surface area contributed by atoms with Crippen LogP contribution < -0.4 is 15.5 Å². The number of aromatic nitrogens is 1. The largest absolute Gasteiger partial charge is 0.378 e. The number of nitrogens with one attached hydrogen (secondary N) is 2. The van der Waals surface area contributed by atoms with Crippen LogP contribution in [0.5, 0.6) is 0 Å². The summed E-state index contributed by atoms with van der Waals surface area (Å²) >= 11 is 0. The highest BCUT2D eigenvalue weighted by Crippen LogP contribution is 2.38. The quantitative estimate of drug-likeness (QED) is 0.845. The molecule has 2 fully saturated rings. The van der Waals surface area contributed by atoms with Gasteiger partial charge in [0.2, 0.25) is 0 Å². The maximum absolute atomic E-state index is 13.3. The Balaban J connectivity index is 1.42. The molecule has 2 aliphatic rings. The molecule has 1 aliphatic heterocycles. The molecule has 2 N–H and O–H groups in total. The van der Waals surface area contributed by atoms with Gasteiger partial charge in [0.25, 0.3) is 0 Å². The second-order valence-electron chi connectivity index (χ2n) is 7.38. The molecule has 0 atom stereocenters. The maximum Gasteiger partial charge on any atom is 0.319 e. The Morgan fingerprint density at radius 1 is 1.07 bits per heavy atom. The zero-order chi connectivity index (χ0) is 19.4. The monoisotopic (exact) mass is 384 g/mol. The van der Waals surface area contributed by atoms with Crippen LogP contribution >= 0.6 is 0 Å². The van der Waals surface area contributed by atoms with Crippen LogP contribution in [0.15, 0.2) is 42.6 Å². The number of anilines is 2. The number of pyridine rings is 1. The number of ether oxygens (including phenoxy) is 1. The molecule has 148 valence electrons. The van der Waals surface area contributed by atoms with Crippen molar-refractivity contribution in [2.75, 3.05) is 36.5 Å². The summed E-state index contributed by atoms with van der Waals surface area (Å²) in [6, 6.07) is 9.92. The number of benzene rings is 1. The van der Waals surface area contributed by atoms with Crippen LogP contribution in [0.2, 0.25) is 0 Å². The van der Waals surface area contributed by atoms with Crippen molar-refractivity contribution >= 4 is 17.5 Å². The minimum absolute atomic E-state index is 0.271. The Morgan fingerprint density at radius 2 is 1.79 bits per heavy atom. The van der Waals surface area contributed by atoms with Crippen LogP contribution in [0.4, 0.5) is 20.7 Å². The van der Waals surface area contributed by atoms with Crippen LogP contribution in [0.25, 0.3) is 0 Å². The number of carbonyl (C=O) groups is 1. The molecule has 7 heteroatoms. The highest BCUT2D eigenvalue weighted by Gasteiger charge is 2.37. The summed E-state index contributed by atoms with van der Waals surface area (Å²) in [7, 11) is 0. The predicted octanol–water partition coefficient (Wildman–Crippen LogP) is 3.65. The van der Waals surface area contributed by atoms with Crippen LogP contribution in [0.1, 0.15) is 31.2 Å². The number of rotatable bonds is 4. The molecule has 0 radical (unpaired) electrons. The van der Waals surface area contributed by atoms with Gasteiger partial charge in [0.1, 0.15) is 11.6 Å². The summed E-state index contributed by atoms with van der Waals surface area (Å²) in [5, 5.41) is 6.00. The topological polar surface area (TPSA) is 66.5 Å². The van der Waals surface area contributed by atoms with Crippen molar-refractivity contribution in [1.29, 1.82) is 0 Å². The van der Waals surface area contributed by atoms with Crippen molar-refractivity contribution in [3.05, 3.63) is 54.0 Å². The van der Waals surface area contributed by atoms with Gasteiger partial charge >= 0.3 is 6.03 Å². The number of carbonyl (C=O) groups excluding carboxylic acids is 1. The number of hydrogen-bond donors (Lipinski definition) is 2. The van der Waals surface area contributed by atoms with Gasteiger partial charge in [-0.1, -0.05) is 25.0 Å². The molecule has 28 heavy (non-hydrogen) atoms. The van der Waals surface area contributed by atoms with Crippen LogP contribution in [-0.4, -0.2) is 37.3 Å². The summed E-state index contributed by atoms with van der Waals surface area (Å²) in [5.41, 5.74) is 1.14. The first-order valence-electron chi connectivity index (χ1n) is 9.79. The fourth-order valence-electron chi connectivity index (χ4n) is 4.05. The molecule has 2 heterocycles. The molecule has 6 nitrogen and oxygen atoms in total. The van der Waals surface area contributed by atoms with E-state index in [-0.39, 0.29) is 11.8 Å². The zero-order valence-corrected chi connectivity index (χ0v) is 15.8. The third-order valence-electron chi connectivity index (χ3n) is 5.55. The van der Waals surface area contributed by atoms with E-state index in [4.69, 9.17) is 4.74 Å². The second-order valence-corrected chi connectivity index (χ2v) is 7.38. The molecule has 1 aliphatic carbocycles. The molecule has 2 aromatic rings. The normalized spacial score (nSPS) is 18.7. The van der Waals surface area contributed by atoms with Gasteiger partial charge in [0.05, 0.1) is 30.6 Å².